The van der Waals surface area contributed by atoms with Crippen molar-refractivity contribution in [3.8, 4) is 0 Å². The second-order valence-corrected chi connectivity index (χ2v) is 6.22. The van der Waals surface area contributed by atoms with Gasteiger partial charge in [-0.3, -0.25) is 4.90 Å². The van der Waals surface area contributed by atoms with Crippen LogP contribution in [-0.2, 0) is 17.7 Å². The van der Waals surface area contributed by atoms with Gasteiger partial charge in [-0.1, -0.05) is 19.0 Å². The van der Waals surface area contributed by atoms with Gasteiger partial charge in [-0.2, -0.15) is 4.98 Å². The Balaban J connectivity index is 1.88. The molecule has 1 aliphatic heterocycles. The molecule has 1 aliphatic rings. The van der Waals surface area contributed by atoms with Gasteiger partial charge in [-0.05, 0) is 25.3 Å². The molecule has 0 radical (unpaired) electrons. The van der Waals surface area contributed by atoms with Crippen molar-refractivity contribution >= 4 is 0 Å². The molecule has 120 valence electrons. The summed E-state index contributed by atoms with van der Waals surface area (Å²) in [6.45, 7) is 8.79. The van der Waals surface area contributed by atoms with Crippen molar-refractivity contribution < 1.29 is 9.26 Å². The highest BCUT2D eigenvalue weighted by Gasteiger charge is 2.19. The molecule has 0 aliphatic carbocycles. The van der Waals surface area contributed by atoms with Crippen LogP contribution in [0.25, 0.3) is 0 Å². The lowest BCUT2D eigenvalue weighted by Crippen LogP contribution is -2.39. The molecule has 1 unspecified atom stereocenters. The van der Waals surface area contributed by atoms with Crippen LogP contribution in [0, 0.1) is 5.92 Å². The van der Waals surface area contributed by atoms with Crippen LogP contribution in [0.5, 0.6) is 0 Å². The Bertz CT molecular complexity index is 402. The van der Waals surface area contributed by atoms with Crippen LogP contribution in [0.1, 0.15) is 38.4 Å². The topological polar surface area (TPSA) is 63.4 Å². The fraction of sp³-hybridized carbons (Fsp3) is 0.867. The lowest BCUT2D eigenvalue weighted by Gasteiger charge is -2.23. The van der Waals surface area contributed by atoms with Crippen LogP contribution in [0.2, 0.25) is 0 Å². The Kier molecular flexibility index (Phi) is 6.60. The third-order valence-corrected chi connectivity index (χ3v) is 3.71. The Morgan fingerprint density at radius 1 is 1.48 bits per heavy atom. The Hall–Kier alpha value is -0.980. The number of methoxy groups -OCH3 is 1. The van der Waals surface area contributed by atoms with Gasteiger partial charge in [-0.25, -0.2) is 0 Å². The molecule has 2 rings (SSSR count). The largest absolute Gasteiger partial charge is 0.383 e. The van der Waals surface area contributed by atoms with Gasteiger partial charge in [0.05, 0.1) is 13.2 Å². The summed E-state index contributed by atoms with van der Waals surface area (Å²) >= 11 is 0. The molecule has 0 saturated carbocycles. The van der Waals surface area contributed by atoms with Crippen molar-refractivity contribution in [2.24, 2.45) is 5.92 Å². The summed E-state index contributed by atoms with van der Waals surface area (Å²) in [5, 5.41) is 7.64. The molecular weight excluding hydrogens is 268 g/mol. The number of ether oxygens (including phenoxy) is 1. The first kappa shape index (κ1) is 16.4. The monoisotopic (exact) mass is 296 g/mol. The van der Waals surface area contributed by atoms with Crippen molar-refractivity contribution in [2.75, 3.05) is 33.4 Å². The van der Waals surface area contributed by atoms with E-state index in [-0.39, 0.29) is 0 Å². The van der Waals surface area contributed by atoms with Gasteiger partial charge >= 0.3 is 0 Å². The average molecular weight is 296 g/mol. The van der Waals surface area contributed by atoms with Crippen molar-refractivity contribution in [1.82, 2.24) is 20.4 Å². The van der Waals surface area contributed by atoms with Crippen molar-refractivity contribution in [2.45, 2.75) is 45.7 Å². The minimum Gasteiger partial charge on any atom is -0.383 e. The second kappa shape index (κ2) is 8.46. The van der Waals surface area contributed by atoms with Gasteiger partial charge in [0.15, 0.2) is 5.82 Å². The number of rotatable bonds is 9. The van der Waals surface area contributed by atoms with E-state index < -0.39 is 0 Å². The molecule has 0 bridgehead atoms. The predicted molar refractivity (Wildman–Crippen MR) is 81.0 cm³/mol. The zero-order valence-electron chi connectivity index (χ0n) is 13.5. The molecule has 0 amide bonds. The molecule has 1 saturated heterocycles. The highest BCUT2D eigenvalue weighted by atomic mass is 16.5. The Morgan fingerprint density at radius 3 is 3.00 bits per heavy atom. The molecule has 21 heavy (non-hydrogen) atoms. The molecule has 6 heteroatoms. The Morgan fingerprint density at radius 2 is 2.33 bits per heavy atom. The summed E-state index contributed by atoms with van der Waals surface area (Å²) in [4.78, 5) is 6.84. The lowest BCUT2D eigenvalue weighted by atomic mass is 10.1. The average Bonchev–Trinajstić information content (AvgIpc) is 3.07. The summed E-state index contributed by atoms with van der Waals surface area (Å²) in [7, 11) is 1.74. The fourth-order valence-electron chi connectivity index (χ4n) is 2.67. The summed E-state index contributed by atoms with van der Waals surface area (Å²) in [5.41, 5.74) is 0. The normalized spacial score (nSPS) is 19.0. The first-order chi connectivity index (χ1) is 10.2. The maximum absolute atomic E-state index is 5.32. The molecule has 2 heterocycles. The number of nitrogens with zero attached hydrogens (tertiary/aromatic N) is 3. The van der Waals surface area contributed by atoms with E-state index in [2.05, 4.69) is 34.2 Å². The SMILES string of the molecule is COCCN(Cc1noc(CC(C)C)n1)CC1CCCN1. The fourth-order valence-corrected chi connectivity index (χ4v) is 2.67. The maximum Gasteiger partial charge on any atom is 0.226 e. The number of hydrogen-bond acceptors (Lipinski definition) is 6. The highest BCUT2D eigenvalue weighted by Crippen LogP contribution is 2.10. The van der Waals surface area contributed by atoms with Gasteiger partial charge in [0.1, 0.15) is 0 Å². The standard InChI is InChI=1S/C15H28N4O2/c1-12(2)9-15-17-14(18-21-15)11-19(7-8-20-3)10-13-5-4-6-16-13/h12-13,16H,4-11H2,1-3H3. The van der Waals surface area contributed by atoms with Gasteiger partial charge in [0.25, 0.3) is 0 Å². The summed E-state index contributed by atoms with van der Waals surface area (Å²) in [5.74, 6) is 2.05. The minimum atomic E-state index is 0.533. The van der Waals surface area contributed by atoms with Crippen molar-refractivity contribution in [3.63, 3.8) is 0 Å². The van der Waals surface area contributed by atoms with Gasteiger partial charge in [0.2, 0.25) is 5.89 Å². The molecule has 1 fully saturated rings. The second-order valence-electron chi connectivity index (χ2n) is 6.22. The number of aromatic nitrogens is 2. The van der Waals surface area contributed by atoms with Crippen LogP contribution < -0.4 is 5.32 Å². The molecular formula is C15H28N4O2. The van der Waals surface area contributed by atoms with E-state index in [0.29, 0.717) is 12.0 Å². The zero-order chi connectivity index (χ0) is 15.1. The third kappa shape index (κ3) is 5.73. The smallest absolute Gasteiger partial charge is 0.226 e. The van der Waals surface area contributed by atoms with E-state index in [4.69, 9.17) is 9.26 Å². The predicted octanol–water partition coefficient (Wildman–Crippen LogP) is 1.47. The molecule has 1 aromatic heterocycles. The van der Waals surface area contributed by atoms with Gasteiger partial charge in [0, 0.05) is 32.7 Å². The van der Waals surface area contributed by atoms with E-state index in [1.807, 2.05) is 0 Å². The van der Waals surface area contributed by atoms with Crippen LogP contribution >= 0.6 is 0 Å². The number of hydrogen-bond donors (Lipinski definition) is 1. The minimum absolute atomic E-state index is 0.533. The Labute approximate surface area is 127 Å². The quantitative estimate of drug-likeness (QED) is 0.744. The summed E-state index contributed by atoms with van der Waals surface area (Å²) in [6.07, 6.45) is 3.35. The van der Waals surface area contributed by atoms with Crippen LogP contribution in [0.4, 0.5) is 0 Å². The van der Waals surface area contributed by atoms with Crippen LogP contribution in [0.3, 0.4) is 0 Å². The molecule has 1 atom stereocenters. The van der Waals surface area contributed by atoms with Gasteiger partial charge < -0.3 is 14.6 Å². The van der Waals surface area contributed by atoms with E-state index in [1.165, 1.54) is 12.8 Å². The van der Waals surface area contributed by atoms with E-state index in [1.54, 1.807) is 7.11 Å². The number of nitrogens with one attached hydrogen (secondary N) is 1. The molecule has 6 nitrogen and oxygen atoms in total. The molecule has 1 N–H and O–H groups in total. The van der Waals surface area contributed by atoms with Gasteiger partial charge in [-0.15, -0.1) is 0 Å². The van der Waals surface area contributed by atoms with E-state index in [0.717, 1.165) is 50.9 Å². The van der Waals surface area contributed by atoms with Crippen LogP contribution in [0.15, 0.2) is 4.52 Å². The highest BCUT2D eigenvalue weighted by molar-refractivity contribution is 4.88. The zero-order valence-corrected chi connectivity index (χ0v) is 13.5. The first-order valence-corrected chi connectivity index (χ1v) is 7.93. The summed E-state index contributed by atoms with van der Waals surface area (Å²) in [6, 6.07) is 0.573. The first-order valence-electron chi connectivity index (χ1n) is 7.93. The maximum atomic E-state index is 5.32. The van der Waals surface area contributed by atoms with E-state index in [9.17, 15) is 0 Å². The van der Waals surface area contributed by atoms with Crippen LogP contribution in [-0.4, -0.2) is 54.4 Å². The third-order valence-electron chi connectivity index (χ3n) is 3.71. The molecule has 0 spiro atoms. The van der Waals surface area contributed by atoms with Crippen molar-refractivity contribution in [1.29, 1.82) is 0 Å². The molecule has 0 aromatic carbocycles. The molecule has 1 aromatic rings. The van der Waals surface area contributed by atoms with E-state index >= 15 is 0 Å². The lowest BCUT2D eigenvalue weighted by molar-refractivity contribution is 0.135. The summed E-state index contributed by atoms with van der Waals surface area (Å²) < 4.78 is 10.5. The van der Waals surface area contributed by atoms with Crippen molar-refractivity contribution in [3.05, 3.63) is 11.7 Å².